The molecule has 0 aliphatic heterocycles. The van der Waals surface area contributed by atoms with Crippen molar-refractivity contribution in [2.45, 2.75) is 6.42 Å². The minimum atomic E-state index is -1.09. The third-order valence-electron chi connectivity index (χ3n) is 4.60. The summed E-state index contributed by atoms with van der Waals surface area (Å²) in [7, 11) is 0. The Bertz CT molecular complexity index is 1290. The first-order valence-electron chi connectivity index (χ1n) is 9.13. The summed E-state index contributed by atoms with van der Waals surface area (Å²) in [5.74, 6) is -1.14. The number of hydrogen-bond acceptors (Lipinski definition) is 5. The molecule has 2 aromatic heterocycles. The van der Waals surface area contributed by atoms with Crippen molar-refractivity contribution in [3.05, 3.63) is 92.5 Å². The highest BCUT2D eigenvalue weighted by molar-refractivity contribution is 7.10. The van der Waals surface area contributed by atoms with Crippen LogP contribution in [-0.2, 0) is 6.42 Å². The number of pyridine rings is 1. The van der Waals surface area contributed by atoms with E-state index in [-0.39, 0.29) is 17.9 Å². The summed E-state index contributed by atoms with van der Waals surface area (Å²) in [5, 5.41) is 12.6. The number of thiazole rings is 1. The summed E-state index contributed by atoms with van der Waals surface area (Å²) in [6.07, 6.45) is 1.63. The van der Waals surface area contributed by atoms with E-state index in [1.165, 1.54) is 23.6 Å². The Balaban J connectivity index is 1.48. The summed E-state index contributed by atoms with van der Waals surface area (Å²) in [6.45, 7) is 0. The fourth-order valence-corrected chi connectivity index (χ4v) is 4.10. The van der Waals surface area contributed by atoms with Crippen LogP contribution < -0.4 is 0 Å². The predicted molar refractivity (Wildman–Crippen MR) is 122 cm³/mol. The molecule has 0 aliphatic carbocycles. The monoisotopic (exact) mass is 468 g/mol. The zero-order valence-electron chi connectivity index (χ0n) is 15.9. The molecule has 2 heterocycles. The quantitative estimate of drug-likeness (QED) is 0.335. The molecule has 0 atom stereocenters. The lowest BCUT2D eigenvalue weighted by Crippen LogP contribution is -2.03. The van der Waals surface area contributed by atoms with Gasteiger partial charge < -0.3 is 5.11 Å². The fraction of sp³-hybridized carbons (Fsp3) is 0.0435. The van der Waals surface area contributed by atoms with Crippen LogP contribution in [0.1, 0.15) is 25.9 Å². The second-order valence-corrected chi connectivity index (χ2v) is 8.42. The van der Waals surface area contributed by atoms with Crippen molar-refractivity contribution >= 4 is 46.3 Å². The van der Waals surface area contributed by atoms with Crippen molar-refractivity contribution in [3.63, 3.8) is 0 Å². The third-order valence-corrected chi connectivity index (χ3v) is 6.19. The smallest absolute Gasteiger partial charge is 0.354 e. The van der Waals surface area contributed by atoms with E-state index in [0.29, 0.717) is 20.6 Å². The lowest BCUT2D eigenvalue weighted by Gasteiger charge is -2.04. The van der Waals surface area contributed by atoms with Gasteiger partial charge >= 0.3 is 5.97 Å². The van der Waals surface area contributed by atoms with Crippen LogP contribution in [0.5, 0.6) is 0 Å². The van der Waals surface area contributed by atoms with Crippen molar-refractivity contribution in [2.75, 3.05) is 0 Å². The second-order valence-electron chi connectivity index (χ2n) is 6.67. The van der Waals surface area contributed by atoms with Crippen LogP contribution in [0.3, 0.4) is 0 Å². The molecule has 4 rings (SSSR count). The summed E-state index contributed by atoms with van der Waals surface area (Å²) in [4.78, 5) is 32.1. The Labute approximate surface area is 192 Å². The van der Waals surface area contributed by atoms with Crippen LogP contribution in [0, 0.1) is 0 Å². The number of rotatable bonds is 6. The van der Waals surface area contributed by atoms with Crippen LogP contribution in [-0.4, -0.2) is 26.8 Å². The molecule has 0 bridgehead atoms. The number of aromatic nitrogens is 2. The molecule has 0 saturated heterocycles. The van der Waals surface area contributed by atoms with E-state index in [2.05, 4.69) is 9.97 Å². The molecule has 0 unspecified atom stereocenters. The zero-order chi connectivity index (χ0) is 22.0. The average Bonchev–Trinajstić information content (AvgIpc) is 3.24. The maximum Gasteiger partial charge on any atom is 0.354 e. The number of nitrogens with zero attached hydrogens (tertiary/aromatic N) is 2. The molecule has 0 spiro atoms. The summed E-state index contributed by atoms with van der Waals surface area (Å²) >= 11 is 13.4. The molecule has 31 heavy (non-hydrogen) atoms. The molecule has 0 saturated carbocycles. The van der Waals surface area contributed by atoms with Gasteiger partial charge in [0, 0.05) is 22.7 Å². The Kier molecular flexibility index (Phi) is 6.13. The number of hydrogen-bond donors (Lipinski definition) is 1. The largest absolute Gasteiger partial charge is 0.477 e. The Morgan fingerprint density at radius 1 is 0.903 bits per heavy atom. The number of ketones is 1. The highest BCUT2D eigenvalue weighted by atomic mass is 35.5. The molecule has 0 radical (unpaired) electrons. The topological polar surface area (TPSA) is 80.2 Å². The van der Waals surface area contributed by atoms with Gasteiger partial charge in [0.1, 0.15) is 10.7 Å². The standard InChI is InChI=1S/C23H14Cl2N2O3S/c24-17-6-5-16(9-18(17)25)20-12-31-22(27-20)11-21(28)14-3-1-13(2-4-14)15-7-8-26-19(10-15)23(29)30/h1-10,12H,11H2,(H,29,30). The van der Waals surface area contributed by atoms with E-state index in [0.717, 1.165) is 22.4 Å². The average molecular weight is 469 g/mol. The number of halogens is 2. The normalized spacial score (nSPS) is 10.8. The molecule has 154 valence electrons. The number of aromatic carboxylic acids is 1. The molecule has 0 amide bonds. The highest BCUT2D eigenvalue weighted by Gasteiger charge is 2.13. The van der Waals surface area contributed by atoms with Gasteiger partial charge in [0.25, 0.3) is 0 Å². The van der Waals surface area contributed by atoms with E-state index in [1.54, 1.807) is 42.5 Å². The Morgan fingerprint density at radius 2 is 1.65 bits per heavy atom. The van der Waals surface area contributed by atoms with Crippen LogP contribution in [0.2, 0.25) is 10.0 Å². The second kappa shape index (κ2) is 8.98. The first kappa shape index (κ1) is 21.2. The van der Waals surface area contributed by atoms with Gasteiger partial charge in [-0.25, -0.2) is 14.8 Å². The highest BCUT2D eigenvalue weighted by Crippen LogP contribution is 2.29. The van der Waals surface area contributed by atoms with E-state index in [9.17, 15) is 9.59 Å². The third kappa shape index (κ3) is 4.82. The van der Waals surface area contributed by atoms with E-state index in [1.807, 2.05) is 11.4 Å². The van der Waals surface area contributed by atoms with Crippen molar-refractivity contribution in [1.29, 1.82) is 0 Å². The predicted octanol–water partition coefficient (Wildman–Crippen LogP) is 6.30. The lowest BCUT2D eigenvalue weighted by atomic mass is 10.0. The summed E-state index contributed by atoms with van der Waals surface area (Å²) in [5.41, 5.74) is 3.64. The molecular weight excluding hydrogens is 455 g/mol. The van der Waals surface area contributed by atoms with Crippen LogP contribution in [0.4, 0.5) is 0 Å². The van der Waals surface area contributed by atoms with Crippen LogP contribution >= 0.6 is 34.5 Å². The van der Waals surface area contributed by atoms with Gasteiger partial charge in [-0.05, 0) is 35.4 Å². The molecular formula is C23H14Cl2N2O3S. The first-order chi connectivity index (χ1) is 14.9. The van der Waals surface area contributed by atoms with Gasteiger partial charge in [-0.15, -0.1) is 11.3 Å². The van der Waals surface area contributed by atoms with Crippen LogP contribution in [0.25, 0.3) is 22.4 Å². The molecule has 8 heteroatoms. The number of carboxylic acids is 1. The van der Waals surface area contributed by atoms with Gasteiger partial charge in [-0.1, -0.05) is 53.5 Å². The molecule has 2 aromatic carbocycles. The van der Waals surface area contributed by atoms with Crippen molar-refractivity contribution in [1.82, 2.24) is 9.97 Å². The molecule has 0 aliphatic rings. The number of carbonyl (C=O) groups excluding carboxylic acids is 1. The fourth-order valence-electron chi connectivity index (χ4n) is 3.00. The van der Waals surface area contributed by atoms with Crippen LogP contribution in [0.15, 0.2) is 66.2 Å². The van der Waals surface area contributed by atoms with Gasteiger partial charge in [0.05, 0.1) is 22.2 Å². The van der Waals surface area contributed by atoms with E-state index in [4.69, 9.17) is 28.3 Å². The molecule has 0 fully saturated rings. The minimum Gasteiger partial charge on any atom is -0.477 e. The van der Waals surface area contributed by atoms with Crippen molar-refractivity contribution in [3.8, 4) is 22.4 Å². The van der Waals surface area contributed by atoms with Crippen molar-refractivity contribution in [2.24, 2.45) is 0 Å². The SMILES string of the molecule is O=C(Cc1nc(-c2ccc(Cl)c(Cl)c2)cs1)c1ccc(-c2ccnc(C(=O)O)c2)cc1. The zero-order valence-corrected chi connectivity index (χ0v) is 18.2. The lowest BCUT2D eigenvalue weighted by molar-refractivity contribution is 0.0690. The van der Waals surface area contributed by atoms with Gasteiger partial charge in [0.2, 0.25) is 0 Å². The van der Waals surface area contributed by atoms with Gasteiger partial charge in [0.15, 0.2) is 5.78 Å². The molecule has 1 N–H and O–H groups in total. The van der Waals surface area contributed by atoms with Gasteiger partial charge in [-0.2, -0.15) is 0 Å². The number of carbonyl (C=O) groups is 2. The van der Waals surface area contributed by atoms with E-state index < -0.39 is 5.97 Å². The molecule has 5 nitrogen and oxygen atoms in total. The minimum absolute atomic E-state index is 0.0285. The Morgan fingerprint density at radius 3 is 2.35 bits per heavy atom. The van der Waals surface area contributed by atoms with Crippen molar-refractivity contribution < 1.29 is 14.7 Å². The Hall–Kier alpha value is -3.06. The first-order valence-corrected chi connectivity index (χ1v) is 10.8. The maximum atomic E-state index is 12.7. The number of Topliss-reactive ketones (excluding diaryl/α,β-unsaturated/α-hetero) is 1. The maximum absolute atomic E-state index is 12.7. The summed E-state index contributed by atoms with van der Waals surface area (Å²) < 4.78 is 0. The molecule has 4 aromatic rings. The van der Waals surface area contributed by atoms with E-state index >= 15 is 0 Å². The van der Waals surface area contributed by atoms with Gasteiger partial charge in [-0.3, -0.25) is 4.79 Å². The number of benzene rings is 2. The summed E-state index contributed by atoms with van der Waals surface area (Å²) in [6, 6.07) is 15.6. The number of carboxylic acid groups (broad SMARTS) is 1.